The van der Waals surface area contributed by atoms with Crippen molar-refractivity contribution in [3.8, 4) is 0 Å². The van der Waals surface area contributed by atoms with Gasteiger partial charge in [0.25, 0.3) is 0 Å². The lowest BCUT2D eigenvalue weighted by molar-refractivity contribution is 0.0695. The summed E-state index contributed by atoms with van der Waals surface area (Å²) in [6, 6.07) is 3.74. The molecule has 0 amide bonds. The highest BCUT2D eigenvalue weighted by Crippen LogP contribution is 2.25. The lowest BCUT2D eigenvalue weighted by atomic mass is 10.1. The lowest BCUT2D eigenvalue weighted by Crippen LogP contribution is -2.03. The van der Waals surface area contributed by atoms with Crippen molar-refractivity contribution in [3.63, 3.8) is 0 Å². The monoisotopic (exact) mass is 246 g/mol. The van der Waals surface area contributed by atoms with Crippen LogP contribution in [0.4, 0.5) is 4.39 Å². The van der Waals surface area contributed by atoms with Crippen LogP contribution in [0.1, 0.15) is 27.7 Å². The lowest BCUT2D eigenvalue weighted by Gasteiger charge is -2.07. The second-order valence-electron chi connectivity index (χ2n) is 2.65. The van der Waals surface area contributed by atoms with Crippen LogP contribution in [0.25, 0.3) is 0 Å². The SMILES string of the molecule is CC(Br)c1ccc(F)cc1C(=O)O. The quantitative estimate of drug-likeness (QED) is 0.815. The van der Waals surface area contributed by atoms with E-state index in [0.717, 1.165) is 6.07 Å². The molecule has 1 unspecified atom stereocenters. The molecular weight excluding hydrogens is 239 g/mol. The molecule has 0 aliphatic rings. The maximum atomic E-state index is 12.7. The Morgan fingerprint density at radius 2 is 2.23 bits per heavy atom. The van der Waals surface area contributed by atoms with Gasteiger partial charge in [-0.1, -0.05) is 22.0 Å². The summed E-state index contributed by atoms with van der Waals surface area (Å²) in [6.07, 6.45) is 0. The third-order valence-corrected chi connectivity index (χ3v) is 2.17. The molecule has 0 radical (unpaired) electrons. The molecule has 4 heteroatoms. The molecule has 0 aromatic heterocycles. The molecule has 0 aliphatic carbocycles. The van der Waals surface area contributed by atoms with E-state index in [1.54, 1.807) is 6.92 Å². The van der Waals surface area contributed by atoms with Crippen LogP contribution >= 0.6 is 15.9 Å². The van der Waals surface area contributed by atoms with Gasteiger partial charge >= 0.3 is 5.97 Å². The Morgan fingerprint density at radius 1 is 1.62 bits per heavy atom. The summed E-state index contributed by atoms with van der Waals surface area (Å²) in [7, 11) is 0. The van der Waals surface area contributed by atoms with Crippen LogP contribution in [0.3, 0.4) is 0 Å². The van der Waals surface area contributed by atoms with Crippen molar-refractivity contribution in [1.29, 1.82) is 0 Å². The van der Waals surface area contributed by atoms with Crippen LogP contribution in [0, 0.1) is 5.82 Å². The van der Waals surface area contributed by atoms with E-state index in [0.29, 0.717) is 5.56 Å². The number of carbonyl (C=O) groups is 1. The molecule has 0 heterocycles. The van der Waals surface area contributed by atoms with E-state index in [1.165, 1.54) is 12.1 Å². The Labute approximate surface area is 83.5 Å². The van der Waals surface area contributed by atoms with E-state index in [1.807, 2.05) is 0 Å². The molecule has 13 heavy (non-hydrogen) atoms. The minimum Gasteiger partial charge on any atom is -0.478 e. The summed E-state index contributed by atoms with van der Waals surface area (Å²) in [5.41, 5.74) is 0.582. The number of benzene rings is 1. The summed E-state index contributed by atoms with van der Waals surface area (Å²) in [5.74, 6) is -1.64. The molecule has 0 bridgehead atoms. The summed E-state index contributed by atoms with van der Waals surface area (Å²) in [5, 5.41) is 8.75. The van der Waals surface area contributed by atoms with Gasteiger partial charge in [0, 0.05) is 4.83 Å². The molecule has 0 aliphatic heterocycles. The zero-order valence-corrected chi connectivity index (χ0v) is 8.51. The molecule has 2 nitrogen and oxygen atoms in total. The summed E-state index contributed by atoms with van der Waals surface area (Å²) in [6.45, 7) is 1.79. The van der Waals surface area contributed by atoms with E-state index in [4.69, 9.17) is 5.11 Å². The molecule has 1 N–H and O–H groups in total. The average molecular weight is 247 g/mol. The zero-order valence-electron chi connectivity index (χ0n) is 6.92. The smallest absolute Gasteiger partial charge is 0.336 e. The van der Waals surface area contributed by atoms with E-state index >= 15 is 0 Å². The number of carboxylic acids is 1. The highest BCUT2D eigenvalue weighted by molar-refractivity contribution is 9.09. The first-order chi connectivity index (χ1) is 6.02. The van der Waals surface area contributed by atoms with Crippen LogP contribution in [0.15, 0.2) is 18.2 Å². The maximum Gasteiger partial charge on any atom is 0.336 e. The first-order valence-corrected chi connectivity index (χ1v) is 4.60. The molecule has 1 aromatic rings. The third kappa shape index (κ3) is 2.28. The number of carboxylic acid groups (broad SMARTS) is 1. The predicted octanol–water partition coefficient (Wildman–Crippen LogP) is 2.98. The van der Waals surface area contributed by atoms with Crippen LogP contribution < -0.4 is 0 Å². The number of aromatic carboxylic acids is 1. The maximum absolute atomic E-state index is 12.7. The molecule has 1 atom stereocenters. The fourth-order valence-electron chi connectivity index (χ4n) is 1.06. The normalized spacial score (nSPS) is 12.5. The largest absolute Gasteiger partial charge is 0.478 e. The molecule has 1 rings (SSSR count). The summed E-state index contributed by atoms with van der Waals surface area (Å²) in [4.78, 5) is 10.6. The van der Waals surface area contributed by atoms with Gasteiger partial charge in [-0.25, -0.2) is 9.18 Å². The topological polar surface area (TPSA) is 37.3 Å². The summed E-state index contributed by atoms with van der Waals surface area (Å²) < 4.78 is 12.7. The van der Waals surface area contributed by atoms with Gasteiger partial charge in [-0.15, -0.1) is 0 Å². The highest BCUT2D eigenvalue weighted by atomic mass is 79.9. The standard InChI is InChI=1S/C9H8BrFO2/c1-5(10)7-3-2-6(11)4-8(7)9(12)13/h2-5H,1H3,(H,12,13). The van der Waals surface area contributed by atoms with Gasteiger partial charge in [0.15, 0.2) is 0 Å². The number of rotatable bonds is 2. The molecular formula is C9H8BrFO2. The Bertz CT molecular complexity index is 336. The fourth-order valence-corrected chi connectivity index (χ4v) is 1.46. The minimum atomic E-state index is -1.11. The fraction of sp³-hybridized carbons (Fsp3) is 0.222. The van der Waals surface area contributed by atoms with Crippen molar-refractivity contribution >= 4 is 21.9 Å². The van der Waals surface area contributed by atoms with Crippen molar-refractivity contribution in [3.05, 3.63) is 35.1 Å². The molecule has 1 aromatic carbocycles. The predicted molar refractivity (Wildman–Crippen MR) is 50.7 cm³/mol. The van der Waals surface area contributed by atoms with Crippen molar-refractivity contribution in [2.24, 2.45) is 0 Å². The third-order valence-electron chi connectivity index (χ3n) is 1.67. The first-order valence-electron chi connectivity index (χ1n) is 3.69. The van der Waals surface area contributed by atoms with Gasteiger partial charge in [0.2, 0.25) is 0 Å². The van der Waals surface area contributed by atoms with Crippen LogP contribution in [-0.2, 0) is 0 Å². The molecule has 0 fully saturated rings. The van der Waals surface area contributed by atoms with E-state index < -0.39 is 11.8 Å². The molecule has 0 spiro atoms. The Balaban J connectivity index is 3.27. The Hall–Kier alpha value is -0.900. The van der Waals surface area contributed by atoms with Crippen molar-refractivity contribution in [1.82, 2.24) is 0 Å². The molecule has 0 saturated carbocycles. The number of alkyl halides is 1. The highest BCUT2D eigenvalue weighted by Gasteiger charge is 2.14. The van der Waals surface area contributed by atoms with Gasteiger partial charge in [0.05, 0.1) is 5.56 Å². The number of hydrogen-bond donors (Lipinski definition) is 1. The van der Waals surface area contributed by atoms with Gasteiger partial charge < -0.3 is 5.11 Å². The van der Waals surface area contributed by atoms with Gasteiger partial charge in [0.1, 0.15) is 5.82 Å². The van der Waals surface area contributed by atoms with Crippen molar-refractivity contribution in [2.45, 2.75) is 11.8 Å². The average Bonchev–Trinajstić information content (AvgIpc) is 2.03. The summed E-state index contributed by atoms with van der Waals surface area (Å²) >= 11 is 3.24. The van der Waals surface area contributed by atoms with Gasteiger partial charge in [-0.05, 0) is 24.6 Å². The second kappa shape index (κ2) is 3.87. The van der Waals surface area contributed by atoms with Crippen LogP contribution in [0.2, 0.25) is 0 Å². The van der Waals surface area contributed by atoms with E-state index in [2.05, 4.69) is 15.9 Å². The minimum absolute atomic E-state index is 0.00405. The zero-order chi connectivity index (χ0) is 10.0. The Kier molecular flexibility index (Phi) is 3.03. The first kappa shape index (κ1) is 10.2. The van der Waals surface area contributed by atoms with Crippen LogP contribution in [-0.4, -0.2) is 11.1 Å². The van der Waals surface area contributed by atoms with Crippen LogP contribution in [0.5, 0.6) is 0 Å². The molecule has 70 valence electrons. The Morgan fingerprint density at radius 3 is 2.69 bits per heavy atom. The number of hydrogen-bond acceptors (Lipinski definition) is 1. The van der Waals surface area contributed by atoms with Gasteiger partial charge in [-0.2, -0.15) is 0 Å². The van der Waals surface area contributed by atoms with E-state index in [9.17, 15) is 9.18 Å². The number of halogens is 2. The molecule has 0 saturated heterocycles. The second-order valence-corrected chi connectivity index (χ2v) is 4.03. The van der Waals surface area contributed by atoms with Crippen molar-refractivity contribution < 1.29 is 14.3 Å². The van der Waals surface area contributed by atoms with Gasteiger partial charge in [-0.3, -0.25) is 0 Å². The van der Waals surface area contributed by atoms with Crippen molar-refractivity contribution in [2.75, 3.05) is 0 Å². The van der Waals surface area contributed by atoms with E-state index in [-0.39, 0.29) is 10.4 Å².